The lowest BCUT2D eigenvalue weighted by Crippen LogP contribution is -2.33. The van der Waals surface area contributed by atoms with E-state index in [9.17, 15) is 0 Å². The molecule has 124 valence electrons. The summed E-state index contributed by atoms with van der Waals surface area (Å²) < 4.78 is 4.71. The fourth-order valence-corrected chi connectivity index (χ4v) is 4.54. The van der Waals surface area contributed by atoms with Gasteiger partial charge in [-0.3, -0.25) is 0 Å². The minimum atomic E-state index is -1.29. The number of hydrogen-bond acceptors (Lipinski definition) is 0. The smallest absolute Gasteiger partial charge is 0.230 e. The topological polar surface area (TPSA) is 8.81 Å². The quantitative estimate of drug-likeness (QED) is 0.428. The van der Waals surface area contributed by atoms with Gasteiger partial charge in [-0.05, 0) is 18.6 Å². The van der Waals surface area contributed by atoms with Crippen LogP contribution in [0.15, 0.2) is 30.6 Å². The van der Waals surface area contributed by atoms with E-state index in [1.807, 2.05) is 0 Å². The zero-order valence-electron chi connectivity index (χ0n) is 15.6. The molecule has 0 aliphatic heterocycles. The second kappa shape index (κ2) is 7.06. The average molecular weight is 344 g/mol. The summed E-state index contributed by atoms with van der Waals surface area (Å²) in [7, 11) is -2.24. The van der Waals surface area contributed by atoms with Crippen molar-refractivity contribution in [2.75, 3.05) is 0 Å². The first kappa shape index (κ1) is 18.0. The predicted octanol–water partition coefficient (Wildman–Crippen LogP) is 4.54. The van der Waals surface area contributed by atoms with Crippen LogP contribution in [0, 0.1) is 11.5 Å². The van der Waals surface area contributed by atoms with Crippen molar-refractivity contribution in [3.05, 3.63) is 30.6 Å². The summed E-state index contributed by atoms with van der Waals surface area (Å²) in [5.41, 5.74) is 6.10. The van der Waals surface area contributed by atoms with Crippen molar-refractivity contribution in [3.63, 3.8) is 0 Å². The molecule has 2 aromatic rings. The van der Waals surface area contributed by atoms with Gasteiger partial charge in [-0.2, -0.15) is 0 Å². The number of benzene rings is 1. The van der Waals surface area contributed by atoms with Gasteiger partial charge in [-0.1, -0.05) is 63.4 Å². The molecule has 1 heterocycles. The van der Waals surface area contributed by atoms with Crippen molar-refractivity contribution in [1.29, 1.82) is 0 Å². The van der Waals surface area contributed by atoms with Gasteiger partial charge in [0.15, 0.2) is 17.6 Å². The predicted molar refractivity (Wildman–Crippen MR) is 106 cm³/mol. The van der Waals surface area contributed by atoms with Crippen molar-refractivity contribution >= 4 is 27.2 Å². The fraction of sp³-hybridized carbons (Fsp3) is 0.526. The Morgan fingerprint density at radius 2 is 1.74 bits per heavy atom. The van der Waals surface area contributed by atoms with E-state index in [4.69, 9.17) is 0 Å². The Morgan fingerprint density at radius 3 is 2.39 bits per heavy atom. The molecular weight excluding hydrogens is 312 g/mol. The summed E-state index contributed by atoms with van der Waals surface area (Å²) in [4.78, 5) is 0. The lowest BCUT2D eigenvalue weighted by Gasteiger charge is -2.14. The molecule has 4 heteroatoms. The van der Waals surface area contributed by atoms with Crippen LogP contribution < -0.4 is 4.57 Å². The van der Waals surface area contributed by atoms with Crippen molar-refractivity contribution in [1.82, 2.24) is 4.57 Å². The fourth-order valence-electron chi connectivity index (χ4n) is 2.72. The highest BCUT2D eigenvalue weighted by molar-refractivity contribution is 6.83. The maximum Gasteiger partial charge on any atom is 0.245 e. The maximum atomic E-state index is 3.47. The summed E-state index contributed by atoms with van der Waals surface area (Å²) in [6.07, 6.45) is 3.53. The third-order valence-electron chi connectivity index (χ3n) is 3.82. The molecule has 2 nitrogen and oxygen atoms in total. The van der Waals surface area contributed by atoms with Crippen LogP contribution in [-0.4, -0.2) is 20.7 Å². The van der Waals surface area contributed by atoms with Crippen LogP contribution in [0.1, 0.15) is 6.42 Å². The van der Waals surface area contributed by atoms with Crippen molar-refractivity contribution < 1.29 is 4.57 Å². The van der Waals surface area contributed by atoms with E-state index < -0.39 is 16.1 Å². The summed E-state index contributed by atoms with van der Waals surface area (Å²) >= 11 is 0. The number of aromatic nitrogens is 2. The van der Waals surface area contributed by atoms with Crippen LogP contribution in [-0.2, 0) is 13.1 Å². The number of para-hydroxylation sites is 2. The molecule has 1 aromatic heterocycles. The van der Waals surface area contributed by atoms with Crippen LogP contribution >= 0.6 is 0 Å². The second-order valence-corrected chi connectivity index (χ2v) is 19.0. The number of fused-ring (bicyclic) bond motifs is 1. The average Bonchev–Trinajstić information content (AvgIpc) is 2.75. The van der Waals surface area contributed by atoms with Crippen LogP contribution in [0.3, 0.4) is 0 Å². The molecule has 0 unspecified atom stereocenters. The van der Waals surface area contributed by atoms with E-state index in [0.29, 0.717) is 0 Å². The minimum absolute atomic E-state index is 0.797. The Balaban J connectivity index is 2.20. The van der Waals surface area contributed by atoms with Gasteiger partial charge < -0.3 is 0 Å². The summed E-state index contributed by atoms with van der Waals surface area (Å²) in [5, 5.41) is 0. The van der Waals surface area contributed by atoms with Gasteiger partial charge in [0, 0.05) is 8.07 Å². The number of aryl methyl sites for hydroxylation is 1. The summed E-state index contributed by atoms with van der Waals surface area (Å²) in [6, 6.07) is 10.1. The Bertz CT molecular complexity index is 722. The van der Waals surface area contributed by atoms with Gasteiger partial charge in [0.2, 0.25) is 6.33 Å². The molecule has 0 saturated carbocycles. The van der Waals surface area contributed by atoms with E-state index >= 15 is 0 Å². The molecule has 0 atom stereocenters. The number of hydrogen-bond donors (Lipinski definition) is 0. The largest absolute Gasteiger partial charge is 0.245 e. The molecule has 23 heavy (non-hydrogen) atoms. The van der Waals surface area contributed by atoms with Gasteiger partial charge in [-0.15, -0.1) is 5.54 Å². The summed E-state index contributed by atoms with van der Waals surface area (Å²) in [6.45, 7) is 16.1. The third-order valence-corrected chi connectivity index (χ3v) is 6.60. The van der Waals surface area contributed by atoms with Crippen molar-refractivity contribution in [3.8, 4) is 11.5 Å². The lowest BCUT2D eigenvalue weighted by atomic mass is 10.3. The van der Waals surface area contributed by atoms with Crippen LogP contribution in [0.4, 0.5) is 0 Å². The van der Waals surface area contributed by atoms with Gasteiger partial charge in [0.1, 0.15) is 8.07 Å². The zero-order valence-corrected chi connectivity index (χ0v) is 17.6. The standard InChI is InChI=1S/C19H31N2Si2/c1-22(2,3)15-9-13-20-17-21(14-10-16-23(4,5)6)19-12-8-7-11-18(19)20/h7-8,11-12,17H,9,13-15H2,1-6H3/q+1. The molecule has 0 aliphatic carbocycles. The van der Waals surface area contributed by atoms with Gasteiger partial charge in [0.05, 0.1) is 6.54 Å². The molecular formula is C19H31N2Si2+. The molecule has 2 rings (SSSR count). The number of rotatable bonds is 5. The Kier molecular flexibility index (Phi) is 5.54. The lowest BCUT2D eigenvalue weighted by molar-refractivity contribution is -0.672. The highest BCUT2D eigenvalue weighted by Crippen LogP contribution is 2.13. The highest BCUT2D eigenvalue weighted by Gasteiger charge is 2.17. The normalized spacial score (nSPS) is 12.3. The molecule has 0 saturated heterocycles. The van der Waals surface area contributed by atoms with Gasteiger partial charge >= 0.3 is 0 Å². The Labute approximate surface area is 143 Å². The van der Waals surface area contributed by atoms with Crippen LogP contribution in [0.5, 0.6) is 0 Å². The molecule has 0 radical (unpaired) electrons. The number of imidazole rings is 1. The Morgan fingerprint density at radius 1 is 1.04 bits per heavy atom. The molecule has 1 aromatic carbocycles. The molecule has 0 bridgehead atoms. The first-order valence-electron chi connectivity index (χ1n) is 8.63. The minimum Gasteiger partial charge on any atom is -0.230 e. The molecule has 0 spiro atoms. The SMILES string of the molecule is C[Si](C)(C)C#CCn1c[n+](CCC[Si](C)(C)C)c2ccccc21. The third kappa shape index (κ3) is 5.67. The molecule has 0 amide bonds. The van der Waals surface area contributed by atoms with Gasteiger partial charge in [0.25, 0.3) is 0 Å². The molecule has 0 N–H and O–H groups in total. The van der Waals surface area contributed by atoms with Crippen LogP contribution in [0.25, 0.3) is 11.0 Å². The number of nitrogens with zero attached hydrogens (tertiary/aromatic N) is 2. The van der Waals surface area contributed by atoms with Crippen molar-refractivity contribution in [2.45, 2.75) is 64.8 Å². The second-order valence-electron chi connectivity index (χ2n) is 8.64. The highest BCUT2D eigenvalue weighted by atomic mass is 28.3. The first-order chi connectivity index (χ1) is 10.7. The maximum absolute atomic E-state index is 3.47. The summed E-state index contributed by atoms with van der Waals surface area (Å²) in [5.74, 6) is 3.40. The van der Waals surface area contributed by atoms with E-state index in [1.165, 1.54) is 23.5 Å². The monoisotopic (exact) mass is 343 g/mol. The molecule has 0 fully saturated rings. The van der Waals surface area contributed by atoms with E-state index in [1.54, 1.807) is 0 Å². The molecule has 0 aliphatic rings. The van der Waals surface area contributed by atoms with Crippen molar-refractivity contribution in [2.24, 2.45) is 0 Å². The van der Waals surface area contributed by atoms with E-state index in [-0.39, 0.29) is 0 Å². The van der Waals surface area contributed by atoms with Crippen LogP contribution in [0.2, 0.25) is 45.3 Å². The zero-order chi connectivity index (χ0) is 17.1. The van der Waals surface area contributed by atoms with E-state index in [2.05, 4.69) is 90.5 Å². The van der Waals surface area contributed by atoms with E-state index in [0.717, 1.165) is 13.1 Å². The Hall–Kier alpha value is -1.32. The first-order valence-corrected chi connectivity index (χ1v) is 15.8. The van der Waals surface area contributed by atoms with Gasteiger partial charge in [-0.25, -0.2) is 9.13 Å².